The van der Waals surface area contributed by atoms with E-state index in [1.807, 2.05) is 24.3 Å². The average Bonchev–Trinajstić information content (AvgIpc) is 2.70. The standard InChI is InChI=1S/C19H15F2N5O2/c20-14-8-7-13(10-15(14)21)24-18-17(26(27)28)19(23-11-22-18)25-9-3-5-12-4-1-2-6-16(12)25/h1-2,4,6-8,10-11H,3,5,9H2,(H,22,23,24). The number of nitrogens with one attached hydrogen (secondary N) is 1. The maximum absolute atomic E-state index is 13.5. The van der Waals surface area contributed by atoms with Crippen molar-refractivity contribution in [1.82, 2.24) is 9.97 Å². The number of halogens is 2. The third-order valence-corrected chi connectivity index (χ3v) is 4.53. The summed E-state index contributed by atoms with van der Waals surface area (Å²) in [6.07, 6.45) is 2.91. The van der Waals surface area contributed by atoms with Crippen LogP contribution in [0.15, 0.2) is 48.8 Å². The molecule has 0 aliphatic carbocycles. The number of para-hydroxylation sites is 1. The molecule has 0 spiro atoms. The summed E-state index contributed by atoms with van der Waals surface area (Å²) in [5.74, 6) is -2.01. The van der Waals surface area contributed by atoms with Crippen molar-refractivity contribution >= 4 is 28.7 Å². The van der Waals surface area contributed by atoms with Gasteiger partial charge in [-0.05, 0) is 36.6 Å². The average molecular weight is 383 g/mol. The fourth-order valence-corrected chi connectivity index (χ4v) is 3.29. The van der Waals surface area contributed by atoms with Gasteiger partial charge in [0.25, 0.3) is 0 Å². The number of benzene rings is 2. The van der Waals surface area contributed by atoms with Gasteiger partial charge in [-0.15, -0.1) is 0 Å². The molecule has 2 heterocycles. The van der Waals surface area contributed by atoms with Crippen LogP contribution in [-0.2, 0) is 6.42 Å². The van der Waals surface area contributed by atoms with Crippen molar-refractivity contribution in [1.29, 1.82) is 0 Å². The van der Waals surface area contributed by atoms with E-state index in [4.69, 9.17) is 0 Å². The highest BCUT2D eigenvalue weighted by Gasteiger charge is 2.30. The first-order valence-electron chi connectivity index (χ1n) is 8.61. The molecule has 0 bridgehead atoms. The minimum absolute atomic E-state index is 0.0935. The molecule has 7 nitrogen and oxygen atoms in total. The number of anilines is 4. The first-order chi connectivity index (χ1) is 13.5. The summed E-state index contributed by atoms with van der Waals surface area (Å²) in [7, 11) is 0. The van der Waals surface area contributed by atoms with Crippen LogP contribution in [0, 0.1) is 21.7 Å². The van der Waals surface area contributed by atoms with Gasteiger partial charge in [0.05, 0.1) is 4.92 Å². The summed E-state index contributed by atoms with van der Waals surface area (Å²) in [6.45, 7) is 0.569. The third kappa shape index (κ3) is 3.22. The van der Waals surface area contributed by atoms with Crippen LogP contribution in [0.3, 0.4) is 0 Å². The summed E-state index contributed by atoms with van der Waals surface area (Å²) >= 11 is 0. The van der Waals surface area contributed by atoms with Gasteiger partial charge in [0.1, 0.15) is 6.33 Å². The molecule has 0 saturated carbocycles. The van der Waals surface area contributed by atoms with Gasteiger partial charge in [0, 0.05) is 24.0 Å². The molecule has 1 aliphatic rings. The maximum Gasteiger partial charge on any atom is 0.354 e. The lowest BCUT2D eigenvalue weighted by molar-refractivity contribution is -0.383. The molecule has 28 heavy (non-hydrogen) atoms. The maximum atomic E-state index is 13.5. The van der Waals surface area contributed by atoms with Crippen LogP contribution >= 0.6 is 0 Å². The van der Waals surface area contributed by atoms with E-state index in [1.165, 1.54) is 12.4 Å². The Balaban J connectivity index is 1.79. The lowest BCUT2D eigenvalue weighted by atomic mass is 10.0. The smallest absolute Gasteiger partial charge is 0.334 e. The van der Waals surface area contributed by atoms with Gasteiger partial charge in [-0.1, -0.05) is 18.2 Å². The van der Waals surface area contributed by atoms with Gasteiger partial charge in [-0.25, -0.2) is 18.7 Å². The zero-order valence-corrected chi connectivity index (χ0v) is 14.6. The fourth-order valence-electron chi connectivity index (χ4n) is 3.29. The Morgan fingerprint density at radius 1 is 1.11 bits per heavy atom. The minimum atomic E-state index is -1.06. The van der Waals surface area contributed by atoms with E-state index in [1.54, 1.807) is 4.90 Å². The second-order valence-electron chi connectivity index (χ2n) is 6.29. The molecule has 0 saturated heterocycles. The minimum Gasteiger partial charge on any atom is -0.334 e. The molecule has 1 N–H and O–H groups in total. The van der Waals surface area contributed by atoms with Crippen LogP contribution < -0.4 is 10.2 Å². The van der Waals surface area contributed by atoms with E-state index in [2.05, 4.69) is 15.3 Å². The first-order valence-corrected chi connectivity index (χ1v) is 8.61. The molecule has 0 amide bonds. The van der Waals surface area contributed by atoms with Crippen molar-refractivity contribution in [2.75, 3.05) is 16.8 Å². The number of hydrogen-bond acceptors (Lipinski definition) is 6. The third-order valence-electron chi connectivity index (χ3n) is 4.53. The fraction of sp³-hybridized carbons (Fsp3) is 0.158. The van der Waals surface area contributed by atoms with E-state index < -0.39 is 16.6 Å². The molecule has 0 radical (unpaired) electrons. The second kappa shape index (κ2) is 7.18. The topological polar surface area (TPSA) is 84.2 Å². The molecule has 0 unspecified atom stereocenters. The SMILES string of the molecule is O=[N+]([O-])c1c(Nc2ccc(F)c(F)c2)ncnc1N1CCCc2ccccc21. The van der Waals surface area contributed by atoms with E-state index in [0.29, 0.717) is 6.54 Å². The van der Waals surface area contributed by atoms with Crippen molar-refractivity contribution in [2.24, 2.45) is 0 Å². The first kappa shape index (κ1) is 17.8. The quantitative estimate of drug-likeness (QED) is 0.528. The van der Waals surface area contributed by atoms with Crippen LogP contribution in [0.2, 0.25) is 0 Å². The van der Waals surface area contributed by atoms with E-state index in [9.17, 15) is 18.9 Å². The predicted molar refractivity (Wildman–Crippen MR) is 100 cm³/mol. The Kier molecular flexibility index (Phi) is 4.56. The normalized spacial score (nSPS) is 13.1. The van der Waals surface area contributed by atoms with Crippen molar-refractivity contribution in [3.8, 4) is 0 Å². The van der Waals surface area contributed by atoms with Crippen molar-refractivity contribution in [3.63, 3.8) is 0 Å². The molecular weight excluding hydrogens is 368 g/mol. The van der Waals surface area contributed by atoms with Crippen LogP contribution in [0.25, 0.3) is 0 Å². The summed E-state index contributed by atoms with van der Waals surface area (Å²) in [5.41, 5.74) is 1.75. The Labute approximate surface area is 158 Å². The van der Waals surface area contributed by atoms with Crippen LogP contribution in [-0.4, -0.2) is 21.4 Å². The number of aromatic nitrogens is 2. The molecule has 0 fully saturated rings. The van der Waals surface area contributed by atoms with Crippen LogP contribution in [0.4, 0.5) is 37.5 Å². The van der Waals surface area contributed by atoms with E-state index in [-0.39, 0.29) is 23.0 Å². The van der Waals surface area contributed by atoms with Crippen molar-refractivity contribution in [2.45, 2.75) is 12.8 Å². The zero-order chi connectivity index (χ0) is 19.7. The van der Waals surface area contributed by atoms with Gasteiger partial charge in [-0.2, -0.15) is 0 Å². The van der Waals surface area contributed by atoms with Gasteiger partial charge < -0.3 is 10.2 Å². The molecule has 1 aromatic heterocycles. The number of hydrogen-bond donors (Lipinski definition) is 1. The van der Waals surface area contributed by atoms with Crippen LogP contribution in [0.1, 0.15) is 12.0 Å². The van der Waals surface area contributed by atoms with Gasteiger partial charge >= 0.3 is 5.69 Å². The Bertz CT molecular complexity index is 1060. The number of nitrogens with zero attached hydrogens (tertiary/aromatic N) is 4. The van der Waals surface area contributed by atoms with Crippen molar-refractivity contribution < 1.29 is 13.7 Å². The number of rotatable bonds is 4. The van der Waals surface area contributed by atoms with E-state index >= 15 is 0 Å². The monoisotopic (exact) mass is 383 g/mol. The predicted octanol–water partition coefficient (Wildman–Crippen LogP) is 4.49. The second-order valence-corrected chi connectivity index (χ2v) is 6.29. The summed E-state index contributed by atoms with van der Waals surface area (Å²) in [4.78, 5) is 21.2. The highest BCUT2D eigenvalue weighted by atomic mass is 19.2. The Morgan fingerprint density at radius 2 is 1.93 bits per heavy atom. The zero-order valence-electron chi connectivity index (χ0n) is 14.6. The van der Waals surface area contributed by atoms with Crippen molar-refractivity contribution in [3.05, 3.63) is 76.1 Å². The number of aryl methyl sites for hydroxylation is 1. The van der Waals surface area contributed by atoms with Gasteiger partial charge in [-0.3, -0.25) is 10.1 Å². The van der Waals surface area contributed by atoms with Gasteiger partial charge in [0.15, 0.2) is 11.6 Å². The molecule has 9 heteroatoms. The molecule has 3 aromatic rings. The molecule has 4 rings (SSSR count). The summed E-state index contributed by atoms with van der Waals surface area (Å²) in [5, 5.41) is 14.5. The molecular formula is C19H15F2N5O2. The molecule has 2 aromatic carbocycles. The largest absolute Gasteiger partial charge is 0.354 e. The highest BCUT2D eigenvalue weighted by Crippen LogP contribution is 2.40. The number of fused-ring (bicyclic) bond motifs is 1. The Morgan fingerprint density at radius 3 is 2.71 bits per heavy atom. The number of nitro groups is 1. The Hall–Kier alpha value is -3.62. The summed E-state index contributed by atoms with van der Waals surface area (Å²) < 4.78 is 26.6. The highest BCUT2D eigenvalue weighted by molar-refractivity contribution is 5.79. The molecule has 0 atom stereocenters. The lowest BCUT2D eigenvalue weighted by Crippen LogP contribution is -2.26. The van der Waals surface area contributed by atoms with Gasteiger partial charge in [0.2, 0.25) is 11.6 Å². The van der Waals surface area contributed by atoms with E-state index in [0.717, 1.165) is 36.2 Å². The molecule has 142 valence electrons. The lowest BCUT2D eigenvalue weighted by Gasteiger charge is -2.30. The molecule has 1 aliphatic heterocycles. The summed E-state index contributed by atoms with van der Waals surface area (Å²) in [6, 6.07) is 10.8. The van der Waals surface area contributed by atoms with Crippen LogP contribution in [0.5, 0.6) is 0 Å².